The van der Waals surface area contributed by atoms with E-state index in [1.807, 2.05) is 20.8 Å². The Bertz CT molecular complexity index is 752. The molecule has 2 rings (SSSR count). The number of hydrogen-bond acceptors (Lipinski definition) is 5. The van der Waals surface area contributed by atoms with Gasteiger partial charge in [0, 0.05) is 38.7 Å². The van der Waals surface area contributed by atoms with Crippen molar-refractivity contribution in [3.8, 4) is 11.4 Å². The van der Waals surface area contributed by atoms with Crippen molar-refractivity contribution in [1.29, 1.82) is 0 Å². The standard InChI is InChI=1S/C11H12BrClN4O2S/c1-11(2,3)17-9(7-4-8(12)6-14-5-7)15-16-10(17)20(13,18)19/h4-6H,1-3H3. The predicted molar refractivity (Wildman–Crippen MR) is 79.0 cm³/mol. The van der Waals surface area contributed by atoms with Crippen molar-refractivity contribution in [2.45, 2.75) is 31.5 Å². The second kappa shape index (κ2) is 5.09. The molecular formula is C11H12BrClN4O2S. The summed E-state index contributed by atoms with van der Waals surface area (Å²) in [5.74, 6) is 0.394. The summed E-state index contributed by atoms with van der Waals surface area (Å²) in [6, 6.07) is 1.78. The van der Waals surface area contributed by atoms with Gasteiger partial charge in [-0.05, 0) is 42.8 Å². The Morgan fingerprint density at radius 1 is 1.25 bits per heavy atom. The maximum atomic E-state index is 11.6. The third-order valence-electron chi connectivity index (χ3n) is 2.49. The van der Waals surface area contributed by atoms with Gasteiger partial charge in [0.05, 0.1) is 0 Å². The van der Waals surface area contributed by atoms with E-state index in [2.05, 4.69) is 31.1 Å². The molecule has 20 heavy (non-hydrogen) atoms. The van der Waals surface area contributed by atoms with Gasteiger partial charge in [0.1, 0.15) is 0 Å². The molecule has 2 aromatic heterocycles. The van der Waals surface area contributed by atoms with E-state index >= 15 is 0 Å². The van der Waals surface area contributed by atoms with E-state index < -0.39 is 14.6 Å². The van der Waals surface area contributed by atoms with E-state index in [1.165, 1.54) is 4.57 Å². The fourth-order valence-electron chi connectivity index (χ4n) is 1.75. The van der Waals surface area contributed by atoms with Gasteiger partial charge in [-0.15, -0.1) is 10.2 Å². The molecule has 0 bridgehead atoms. The number of pyridine rings is 1. The number of nitrogens with zero attached hydrogens (tertiary/aromatic N) is 4. The molecular weight excluding hydrogens is 368 g/mol. The molecule has 0 aliphatic rings. The molecule has 108 valence electrons. The lowest BCUT2D eigenvalue weighted by Gasteiger charge is -2.23. The van der Waals surface area contributed by atoms with Crippen LogP contribution < -0.4 is 0 Å². The van der Waals surface area contributed by atoms with Crippen LogP contribution in [-0.4, -0.2) is 28.2 Å². The van der Waals surface area contributed by atoms with Gasteiger partial charge in [0.25, 0.3) is 14.2 Å². The molecule has 0 spiro atoms. The minimum Gasteiger partial charge on any atom is -0.291 e. The molecule has 0 aromatic carbocycles. The van der Waals surface area contributed by atoms with E-state index in [-0.39, 0.29) is 5.16 Å². The minimum atomic E-state index is -3.98. The molecule has 0 saturated heterocycles. The Balaban J connectivity index is 2.76. The number of rotatable bonds is 2. The number of halogens is 2. The fourth-order valence-corrected chi connectivity index (χ4v) is 3.13. The van der Waals surface area contributed by atoms with Crippen molar-refractivity contribution < 1.29 is 8.42 Å². The first kappa shape index (κ1) is 15.4. The Kier molecular flexibility index (Phi) is 3.92. The average molecular weight is 380 g/mol. The summed E-state index contributed by atoms with van der Waals surface area (Å²) in [4.78, 5) is 4.04. The smallest absolute Gasteiger partial charge is 0.291 e. The van der Waals surface area contributed by atoms with E-state index in [4.69, 9.17) is 10.7 Å². The van der Waals surface area contributed by atoms with Crippen LogP contribution in [0.2, 0.25) is 0 Å². The van der Waals surface area contributed by atoms with Crippen LogP contribution in [0.4, 0.5) is 0 Å². The zero-order chi connectivity index (χ0) is 15.1. The van der Waals surface area contributed by atoms with E-state index in [9.17, 15) is 8.42 Å². The number of hydrogen-bond donors (Lipinski definition) is 0. The number of aromatic nitrogens is 4. The second-order valence-electron chi connectivity index (χ2n) is 5.14. The van der Waals surface area contributed by atoms with Gasteiger partial charge in [-0.25, -0.2) is 8.42 Å². The van der Waals surface area contributed by atoms with Crippen molar-refractivity contribution in [1.82, 2.24) is 19.7 Å². The van der Waals surface area contributed by atoms with E-state index in [0.717, 1.165) is 4.47 Å². The van der Waals surface area contributed by atoms with Crippen LogP contribution >= 0.6 is 26.6 Å². The SMILES string of the molecule is CC(C)(C)n1c(-c2cncc(Br)c2)nnc1S(=O)(=O)Cl. The molecule has 2 aromatic rings. The highest BCUT2D eigenvalue weighted by Gasteiger charge is 2.30. The van der Waals surface area contributed by atoms with Gasteiger partial charge >= 0.3 is 0 Å². The third kappa shape index (κ3) is 3.02. The maximum Gasteiger partial charge on any atom is 0.296 e. The molecule has 0 aliphatic carbocycles. The van der Waals surface area contributed by atoms with Crippen LogP contribution in [0.25, 0.3) is 11.4 Å². The summed E-state index contributed by atoms with van der Waals surface area (Å²) in [5.41, 5.74) is 0.0895. The minimum absolute atomic E-state index is 0.276. The van der Waals surface area contributed by atoms with E-state index in [1.54, 1.807) is 18.5 Å². The molecule has 6 nitrogen and oxygen atoms in total. The first-order valence-corrected chi connectivity index (χ1v) is 8.72. The van der Waals surface area contributed by atoms with Crippen LogP contribution in [0.3, 0.4) is 0 Å². The largest absolute Gasteiger partial charge is 0.296 e. The highest BCUT2D eigenvalue weighted by molar-refractivity contribution is 9.10. The summed E-state index contributed by atoms with van der Waals surface area (Å²) in [7, 11) is 1.44. The van der Waals surface area contributed by atoms with Crippen molar-refractivity contribution in [3.63, 3.8) is 0 Å². The van der Waals surface area contributed by atoms with Gasteiger partial charge < -0.3 is 0 Å². The van der Waals surface area contributed by atoms with Gasteiger partial charge in [-0.1, -0.05) is 0 Å². The summed E-state index contributed by atoms with van der Waals surface area (Å²) in [5, 5.41) is 7.38. The van der Waals surface area contributed by atoms with Crippen LogP contribution in [0.1, 0.15) is 20.8 Å². The van der Waals surface area contributed by atoms with Crippen molar-refractivity contribution in [2.75, 3.05) is 0 Å². The Morgan fingerprint density at radius 2 is 1.90 bits per heavy atom. The van der Waals surface area contributed by atoms with Gasteiger partial charge in [0.15, 0.2) is 5.82 Å². The predicted octanol–water partition coefficient (Wildman–Crippen LogP) is 2.79. The quantitative estimate of drug-likeness (QED) is 0.750. The van der Waals surface area contributed by atoms with Crippen LogP contribution in [0.15, 0.2) is 28.1 Å². The summed E-state index contributed by atoms with van der Waals surface area (Å²) in [6.07, 6.45) is 3.21. The van der Waals surface area contributed by atoms with Crippen LogP contribution in [-0.2, 0) is 14.6 Å². The molecule has 0 amide bonds. The van der Waals surface area contributed by atoms with Gasteiger partial charge in [-0.2, -0.15) is 0 Å². The lowest BCUT2D eigenvalue weighted by atomic mass is 10.1. The van der Waals surface area contributed by atoms with Crippen LogP contribution in [0.5, 0.6) is 0 Å². The highest BCUT2D eigenvalue weighted by Crippen LogP contribution is 2.29. The molecule has 0 saturated carbocycles. The molecule has 0 atom stereocenters. The molecule has 0 aliphatic heterocycles. The van der Waals surface area contributed by atoms with Crippen LogP contribution in [0, 0.1) is 0 Å². The topological polar surface area (TPSA) is 77.7 Å². The molecule has 0 unspecified atom stereocenters. The summed E-state index contributed by atoms with van der Waals surface area (Å²) in [6.45, 7) is 5.53. The normalized spacial score (nSPS) is 12.7. The molecule has 0 radical (unpaired) electrons. The van der Waals surface area contributed by atoms with Crippen molar-refractivity contribution in [3.05, 3.63) is 22.9 Å². The molecule has 0 N–H and O–H groups in total. The fraction of sp³-hybridized carbons (Fsp3) is 0.364. The first-order valence-electron chi connectivity index (χ1n) is 5.62. The zero-order valence-corrected chi connectivity index (χ0v) is 14.2. The first-order chi connectivity index (χ1) is 9.10. The molecule has 9 heteroatoms. The Labute approximate surface area is 129 Å². The van der Waals surface area contributed by atoms with E-state index in [0.29, 0.717) is 11.4 Å². The van der Waals surface area contributed by atoms with Crippen molar-refractivity contribution >= 4 is 35.7 Å². The summed E-state index contributed by atoms with van der Waals surface area (Å²) < 4.78 is 25.5. The third-order valence-corrected chi connectivity index (χ3v) is 4.03. The average Bonchev–Trinajstić information content (AvgIpc) is 2.72. The van der Waals surface area contributed by atoms with Gasteiger partial charge in [-0.3, -0.25) is 9.55 Å². The van der Waals surface area contributed by atoms with Gasteiger partial charge in [0.2, 0.25) is 0 Å². The molecule has 0 fully saturated rings. The Hall–Kier alpha value is -0.990. The lowest BCUT2D eigenvalue weighted by molar-refractivity contribution is 0.367. The lowest BCUT2D eigenvalue weighted by Crippen LogP contribution is -2.25. The van der Waals surface area contributed by atoms with Crippen molar-refractivity contribution in [2.24, 2.45) is 0 Å². The zero-order valence-electron chi connectivity index (χ0n) is 11.0. The summed E-state index contributed by atoms with van der Waals surface area (Å²) >= 11 is 3.32. The second-order valence-corrected chi connectivity index (χ2v) is 8.52. The maximum absolute atomic E-state index is 11.6. The molecule has 2 heterocycles. The Morgan fingerprint density at radius 3 is 2.40 bits per heavy atom. The monoisotopic (exact) mass is 378 g/mol. The highest BCUT2D eigenvalue weighted by atomic mass is 79.9.